The Balaban J connectivity index is 2.54. The Morgan fingerprint density at radius 2 is 2.18 bits per heavy atom. The first-order valence-corrected chi connectivity index (χ1v) is 6.15. The van der Waals surface area contributed by atoms with Gasteiger partial charge in [-0.2, -0.15) is 0 Å². The molecule has 0 aromatic heterocycles. The van der Waals surface area contributed by atoms with E-state index < -0.39 is 0 Å². The van der Waals surface area contributed by atoms with Crippen LogP contribution in [0.25, 0.3) is 0 Å². The van der Waals surface area contributed by atoms with E-state index in [1.165, 1.54) is 12.8 Å². The number of benzene rings is 1. The Kier molecular flexibility index (Phi) is 6.21. The zero-order valence-corrected chi connectivity index (χ0v) is 10.7. The smallest absolute Gasteiger partial charge is 0.148 e. The van der Waals surface area contributed by atoms with Gasteiger partial charge in [-0.15, -0.1) is 6.42 Å². The summed E-state index contributed by atoms with van der Waals surface area (Å²) in [5.41, 5.74) is 1.16. The maximum atomic E-state index is 5.50. The predicted molar refractivity (Wildman–Crippen MR) is 72.0 cm³/mol. The van der Waals surface area contributed by atoms with E-state index in [2.05, 4.69) is 31.2 Å². The highest BCUT2D eigenvalue weighted by Crippen LogP contribution is 2.17. The molecule has 17 heavy (non-hydrogen) atoms. The van der Waals surface area contributed by atoms with E-state index in [9.17, 15) is 0 Å². The third-order valence-corrected chi connectivity index (χ3v) is 2.65. The molecule has 0 heterocycles. The number of hydrogen-bond acceptors (Lipinski definition) is 2. The third-order valence-electron chi connectivity index (χ3n) is 2.65. The SMILES string of the molecule is C#CCOc1ccccc1CNC(C)CCC. The van der Waals surface area contributed by atoms with Gasteiger partial charge in [-0.3, -0.25) is 0 Å². The summed E-state index contributed by atoms with van der Waals surface area (Å²) in [6, 6.07) is 8.53. The van der Waals surface area contributed by atoms with Crippen LogP contribution < -0.4 is 10.1 Å². The average Bonchev–Trinajstić information content (AvgIpc) is 2.35. The van der Waals surface area contributed by atoms with Gasteiger partial charge in [0.05, 0.1) is 0 Å². The van der Waals surface area contributed by atoms with Crippen molar-refractivity contribution >= 4 is 0 Å². The van der Waals surface area contributed by atoms with Crippen LogP contribution in [0.1, 0.15) is 32.3 Å². The van der Waals surface area contributed by atoms with E-state index >= 15 is 0 Å². The zero-order valence-electron chi connectivity index (χ0n) is 10.7. The maximum Gasteiger partial charge on any atom is 0.148 e. The number of hydrogen-bond donors (Lipinski definition) is 1. The predicted octanol–water partition coefficient (Wildman–Crippen LogP) is 2.98. The average molecular weight is 231 g/mol. The van der Waals surface area contributed by atoms with Crippen LogP contribution >= 0.6 is 0 Å². The minimum absolute atomic E-state index is 0.321. The van der Waals surface area contributed by atoms with E-state index in [1.54, 1.807) is 0 Å². The molecule has 1 rings (SSSR count). The van der Waals surface area contributed by atoms with E-state index in [4.69, 9.17) is 11.2 Å². The van der Waals surface area contributed by atoms with Gasteiger partial charge in [0.1, 0.15) is 12.4 Å². The molecule has 0 bridgehead atoms. The first-order valence-electron chi connectivity index (χ1n) is 6.15. The largest absolute Gasteiger partial charge is 0.481 e. The second-order valence-electron chi connectivity index (χ2n) is 4.17. The van der Waals surface area contributed by atoms with Crippen molar-refractivity contribution < 1.29 is 4.74 Å². The van der Waals surface area contributed by atoms with Gasteiger partial charge in [-0.05, 0) is 19.4 Å². The quantitative estimate of drug-likeness (QED) is 0.728. The first-order chi connectivity index (χ1) is 8.27. The van der Waals surface area contributed by atoms with Crippen molar-refractivity contribution in [1.82, 2.24) is 5.32 Å². The third kappa shape index (κ3) is 4.93. The molecule has 0 aliphatic heterocycles. The summed E-state index contributed by atoms with van der Waals surface area (Å²) < 4.78 is 5.50. The summed E-state index contributed by atoms with van der Waals surface area (Å²) in [5, 5.41) is 3.48. The van der Waals surface area contributed by atoms with E-state index in [0.29, 0.717) is 12.6 Å². The molecule has 0 aliphatic rings. The second-order valence-corrected chi connectivity index (χ2v) is 4.17. The molecule has 0 radical (unpaired) electrons. The maximum absolute atomic E-state index is 5.50. The van der Waals surface area contributed by atoms with Crippen molar-refractivity contribution in [1.29, 1.82) is 0 Å². The highest BCUT2D eigenvalue weighted by molar-refractivity contribution is 5.33. The van der Waals surface area contributed by atoms with Gasteiger partial charge in [0.2, 0.25) is 0 Å². The van der Waals surface area contributed by atoms with Crippen molar-refractivity contribution in [2.24, 2.45) is 0 Å². The molecule has 2 nitrogen and oxygen atoms in total. The Morgan fingerprint density at radius 3 is 2.88 bits per heavy atom. The van der Waals surface area contributed by atoms with Crippen molar-refractivity contribution in [2.45, 2.75) is 39.3 Å². The molecule has 0 aliphatic carbocycles. The van der Waals surface area contributed by atoms with Gasteiger partial charge in [0.25, 0.3) is 0 Å². The molecule has 1 aromatic carbocycles. The van der Waals surface area contributed by atoms with E-state index in [-0.39, 0.29) is 0 Å². The minimum Gasteiger partial charge on any atom is -0.481 e. The molecule has 2 heteroatoms. The lowest BCUT2D eigenvalue weighted by Crippen LogP contribution is -2.25. The number of para-hydroxylation sites is 1. The number of terminal acetylenes is 1. The van der Waals surface area contributed by atoms with Crippen LogP contribution in [0.3, 0.4) is 0 Å². The molecule has 0 spiro atoms. The number of nitrogens with one attached hydrogen (secondary N) is 1. The molecule has 1 N–H and O–H groups in total. The molecule has 0 fully saturated rings. The first kappa shape index (κ1) is 13.6. The van der Waals surface area contributed by atoms with Crippen LogP contribution in [0.2, 0.25) is 0 Å². The molecular formula is C15H21NO. The van der Waals surface area contributed by atoms with Gasteiger partial charge in [0, 0.05) is 18.2 Å². The van der Waals surface area contributed by atoms with E-state index in [0.717, 1.165) is 17.9 Å². The fourth-order valence-electron chi connectivity index (χ4n) is 1.73. The fraction of sp³-hybridized carbons (Fsp3) is 0.467. The van der Waals surface area contributed by atoms with Crippen molar-refractivity contribution in [3.63, 3.8) is 0 Å². The molecule has 1 atom stereocenters. The Morgan fingerprint density at radius 1 is 1.41 bits per heavy atom. The van der Waals surface area contributed by atoms with E-state index in [1.807, 2.05) is 18.2 Å². The van der Waals surface area contributed by atoms with Crippen LogP contribution in [0.15, 0.2) is 24.3 Å². The molecule has 1 aromatic rings. The second kappa shape index (κ2) is 7.76. The van der Waals surface area contributed by atoms with Crippen LogP contribution in [0.5, 0.6) is 5.75 Å². The fourth-order valence-corrected chi connectivity index (χ4v) is 1.73. The van der Waals surface area contributed by atoms with Crippen LogP contribution in [-0.4, -0.2) is 12.6 Å². The lowest BCUT2D eigenvalue weighted by molar-refractivity contribution is 0.363. The molecule has 1 unspecified atom stereocenters. The Bertz CT molecular complexity index is 367. The lowest BCUT2D eigenvalue weighted by Gasteiger charge is -2.14. The topological polar surface area (TPSA) is 21.3 Å². The van der Waals surface area contributed by atoms with Crippen LogP contribution in [-0.2, 0) is 6.54 Å². The molecule has 0 amide bonds. The summed E-state index contributed by atoms with van der Waals surface area (Å²) >= 11 is 0. The summed E-state index contributed by atoms with van der Waals surface area (Å²) in [4.78, 5) is 0. The van der Waals surface area contributed by atoms with Gasteiger partial charge in [0.15, 0.2) is 0 Å². The molecular weight excluding hydrogens is 210 g/mol. The summed E-state index contributed by atoms with van der Waals surface area (Å²) in [6.07, 6.45) is 7.58. The van der Waals surface area contributed by atoms with Crippen molar-refractivity contribution in [3.8, 4) is 18.1 Å². The summed E-state index contributed by atoms with van der Waals surface area (Å²) in [7, 11) is 0. The highest BCUT2D eigenvalue weighted by Gasteiger charge is 2.04. The molecule has 0 saturated carbocycles. The molecule has 92 valence electrons. The Labute approximate surface area is 104 Å². The van der Waals surface area contributed by atoms with Crippen LogP contribution in [0.4, 0.5) is 0 Å². The highest BCUT2D eigenvalue weighted by atomic mass is 16.5. The summed E-state index contributed by atoms with van der Waals surface area (Å²) in [6.45, 7) is 5.54. The van der Waals surface area contributed by atoms with Crippen molar-refractivity contribution in [3.05, 3.63) is 29.8 Å². The van der Waals surface area contributed by atoms with Gasteiger partial charge < -0.3 is 10.1 Å². The van der Waals surface area contributed by atoms with Crippen molar-refractivity contribution in [2.75, 3.05) is 6.61 Å². The lowest BCUT2D eigenvalue weighted by atomic mass is 10.1. The zero-order chi connectivity index (χ0) is 12.5. The molecule has 0 saturated heterocycles. The summed E-state index contributed by atoms with van der Waals surface area (Å²) in [5.74, 6) is 3.36. The standard InChI is InChI=1S/C15H21NO/c1-4-8-13(3)16-12-14-9-6-7-10-15(14)17-11-5-2/h2,6-7,9-10,13,16H,4,8,11-12H2,1,3H3. The van der Waals surface area contributed by atoms with Gasteiger partial charge in [-0.1, -0.05) is 37.5 Å². The number of ether oxygens (including phenoxy) is 1. The minimum atomic E-state index is 0.321. The van der Waals surface area contributed by atoms with Crippen LogP contribution in [0, 0.1) is 12.3 Å². The normalized spacial score (nSPS) is 11.8. The monoisotopic (exact) mass is 231 g/mol. The van der Waals surface area contributed by atoms with Gasteiger partial charge >= 0.3 is 0 Å². The Hall–Kier alpha value is -1.46. The van der Waals surface area contributed by atoms with Gasteiger partial charge in [-0.25, -0.2) is 0 Å². The number of rotatable bonds is 7.